The molecule has 4 nitrogen and oxygen atoms in total. The third-order valence-electron chi connectivity index (χ3n) is 3.31. The molecule has 0 fully saturated rings. The molecule has 1 rings (SSSR count). The molecule has 0 amide bonds. The van der Waals surface area contributed by atoms with Crippen LogP contribution in [0, 0.1) is 5.82 Å². The van der Waals surface area contributed by atoms with Gasteiger partial charge in [0.2, 0.25) is 0 Å². The van der Waals surface area contributed by atoms with Crippen LogP contribution in [0.3, 0.4) is 0 Å². The van der Waals surface area contributed by atoms with E-state index in [1.807, 2.05) is 6.92 Å². The molecule has 0 aliphatic carbocycles. The standard InChI is InChI=1S/C15H24FNO3S/c1-4-14(17)8-12-7-13(16)10-15(9-12)20-5-6-21(18,19)11(2)3/h7,9-11,14H,4-6,8,17H2,1-3H3. The van der Waals surface area contributed by atoms with Crippen molar-refractivity contribution in [3.63, 3.8) is 0 Å². The third-order valence-corrected chi connectivity index (χ3v) is 5.48. The summed E-state index contributed by atoms with van der Waals surface area (Å²) in [6, 6.07) is 4.36. The van der Waals surface area contributed by atoms with E-state index in [4.69, 9.17) is 10.5 Å². The van der Waals surface area contributed by atoms with Gasteiger partial charge in [0, 0.05) is 12.1 Å². The zero-order chi connectivity index (χ0) is 16.0. The number of rotatable bonds is 8. The second-order valence-electron chi connectivity index (χ2n) is 5.43. The lowest BCUT2D eigenvalue weighted by Crippen LogP contribution is -2.22. The number of hydrogen-bond donors (Lipinski definition) is 1. The quantitative estimate of drug-likeness (QED) is 0.799. The highest BCUT2D eigenvalue weighted by molar-refractivity contribution is 7.91. The third kappa shape index (κ3) is 6.01. The first-order valence-corrected chi connectivity index (χ1v) is 8.85. The molecule has 2 N–H and O–H groups in total. The Bertz CT molecular complexity index is 558. The van der Waals surface area contributed by atoms with Crippen molar-refractivity contribution in [3.8, 4) is 5.75 Å². The maximum Gasteiger partial charge on any atom is 0.155 e. The molecular formula is C15H24FNO3S. The molecule has 0 saturated heterocycles. The largest absolute Gasteiger partial charge is 0.492 e. The molecule has 0 heterocycles. The van der Waals surface area contributed by atoms with Gasteiger partial charge in [-0.25, -0.2) is 12.8 Å². The smallest absolute Gasteiger partial charge is 0.155 e. The maximum atomic E-state index is 13.5. The summed E-state index contributed by atoms with van der Waals surface area (Å²) in [5.74, 6) is -0.143. The zero-order valence-electron chi connectivity index (χ0n) is 12.8. The van der Waals surface area contributed by atoms with E-state index < -0.39 is 20.9 Å². The molecule has 0 spiro atoms. The van der Waals surface area contributed by atoms with Crippen LogP contribution in [0.15, 0.2) is 18.2 Å². The van der Waals surface area contributed by atoms with E-state index in [1.54, 1.807) is 19.9 Å². The van der Waals surface area contributed by atoms with E-state index in [1.165, 1.54) is 12.1 Å². The SMILES string of the molecule is CCC(N)Cc1cc(F)cc(OCCS(=O)(=O)C(C)C)c1. The Labute approximate surface area is 126 Å². The molecule has 0 aliphatic rings. The lowest BCUT2D eigenvalue weighted by molar-refractivity contribution is 0.338. The highest BCUT2D eigenvalue weighted by atomic mass is 32.2. The fourth-order valence-corrected chi connectivity index (χ4v) is 2.57. The molecule has 0 bridgehead atoms. The summed E-state index contributed by atoms with van der Waals surface area (Å²) in [4.78, 5) is 0. The Hall–Kier alpha value is -1.14. The number of halogens is 1. The molecule has 0 saturated carbocycles. The summed E-state index contributed by atoms with van der Waals surface area (Å²) in [6.07, 6.45) is 1.37. The van der Waals surface area contributed by atoms with E-state index in [2.05, 4.69) is 0 Å². The predicted octanol–water partition coefficient (Wildman–Crippen LogP) is 2.31. The van der Waals surface area contributed by atoms with Gasteiger partial charge in [0.05, 0.1) is 11.0 Å². The van der Waals surface area contributed by atoms with Gasteiger partial charge in [0.15, 0.2) is 9.84 Å². The predicted molar refractivity (Wildman–Crippen MR) is 82.8 cm³/mol. The molecule has 1 aromatic carbocycles. The summed E-state index contributed by atoms with van der Waals surface area (Å²) in [6.45, 7) is 5.24. The summed E-state index contributed by atoms with van der Waals surface area (Å²) in [7, 11) is -3.15. The first-order valence-electron chi connectivity index (χ1n) is 7.14. The lowest BCUT2D eigenvalue weighted by atomic mass is 10.0. The van der Waals surface area contributed by atoms with Gasteiger partial charge in [-0.15, -0.1) is 0 Å². The Morgan fingerprint density at radius 1 is 1.29 bits per heavy atom. The molecule has 1 aromatic rings. The van der Waals surface area contributed by atoms with Crippen LogP contribution >= 0.6 is 0 Å². The van der Waals surface area contributed by atoms with Crippen LogP contribution in [0.1, 0.15) is 32.8 Å². The van der Waals surface area contributed by atoms with Crippen LogP contribution in [0.5, 0.6) is 5.75 Å². The molecule has 1 unspecified atom stereocenters. The van der Waals surface area contributed by atoms with Crippen molar-refractivity contribution in [2.45, 2.75) is 44.9 Å². The minimum Gasteiger partial charge on any atom is -0.492 e. The van der Waals surface area contributed by atoms with Gasteiger partial charge in [-0.3, -0.25) is 0 Å². The van der Waals surface area contributed by atoms with Gasteiger partial charge < -0.3 is 10.5 Å². The van der Waals surface area contributed by atoms with Crippen LogP contribution in [0.25, 0.3) is 0 Å². The fourth-order valence-electron chi connectivity index (χ4n) is 1.78. The molecule has 6 heteroatoms. The average Bonchev–Trinajstić information content (AvgIpc) is 2.37. The highest BCUT2D eigenvalue weighted by Gasteiger charge is 2.16. The number of benzene rings is 1. The number of ether oxygens (including phenoxy) is 1. The van der Waals surface area contributed by atoms with E-state index in [0.29, 0.717) is 12.2 Å². The summed E-state index contributed by atoms with van der Waals surface area (Å²) in [5, 5.41) is -0.438. The van der Waals surface area contributed by atoms with Crippen molar-refractivity contribution in [3.05, 3.63) is 29.6 Å². The van der Waals surface area contributed by atoms with Crippen LogP contribution in [-0.4, -0.2) is 32.1 Å². The Morgan fingerprint density at radius 3 is 2.52 bits per heavy atom. The topological polar surface area (TPSA) is 69.4 Å². The van der Waals surface area contributed by atoms with Crippen molar-refractivity contribution in [1.82, 2.24) is 0 Å². The fraction of sp³-hybridized carbons (Fsp3) is 0.600. The van der Waals surface area contributed by atoms with E-state index in [0.717, 1.165) is 12.0 Å². The summed E-state index contributed by atoms with van der Waals surface area (Å²) >= 11 is 0. The average molecular weight is 317 g/mol. The molecule has 0 aliphatic heterocycles. The lowest BCUT2D eigenvalue weighted by Gasteiger charge is -2.12. The first-order chi connectivity index (χ1) is 9.74. The van der Waals surface area contributed by atoms with Crippen LogP contribution in [0.2, 0.25) is 0 Å². The highest BCUT2D eigenvalue weighted by Crippen LogP contribution is 2.18. The number of sulfone groups is 1. The van der Waals surface area contributed by atoms with Gasteiger partial charge in [-0.1, -0.05) is 6.92 Å². The van der Waals surface area contributed by atoms with Crippen molar-refractivity contribution >= 4 is 9.84 Å². The van der Waals surface area contributed by atoms with Gasteiger partial charge in [-0.2, -0.15) is 0 Å². The molecule has 21 heavy (non-hydrogen) atoms. The molecule has 0 aromatic heterocycles. The Morgan fingerprint density at radius 2 is 1.95 bits per heavy atom. The second kappa shape index (κ2) is 7.75. The normalized spacial score (nSPS) is 13.4. The summed E-state index contributed by atoms with van der Waals surface area (Å²) in [5.41, 5.74) is 6.61. The second-order valence-corrected chi connectivity index (χ2v) is 8.11. The molecule has 1 atom stereocenters. The Kier molecular flexibility index (Phi) is 6.61. The van der Waals surface area contributed by atoms with E-state index in [9.17, 15) is 12.8 Å². The Balaban J connectivity index is 2.67. The van der Waals surface area contributed by atoms with Gasteiger partial charge in [0.1, 0.15) is 18.2 Å². The van der Waals surface area contributed by atoms with E-state index >= 15 is 0 Å². The number of nitrogens with two attached hydrogens (primary N) is 1. The monoisotopic (exact) mass is 317 g/mol. The van der Waals surface area contributed by atoms with E-state index in [-0.39, 0.29) is 18.4 Å². The van der Waals surface area contributed by atoms with Crippen LogP contribution < -0.4 is 10.5 Å². The van der Waals surface area contributed by atoms with Crippen molar-refractivity contribution in [2.75, 3.05) is 12.4 Å². The minimum atomic E-state index is -3.15. The molecule has 120 valence electrons. The van der Waals surface area contributed by atoms with Gasteiger partial charge in [0.25, 0.3) is 0 Å². The van der Waals surface area contributed by atoms with Crippen molar-refractivity contribution < 1.29 is 17.5 Å². The van der Waals surface area contributed by atoms with Gasteiger partial charge >= 0.3 is 0 Å². The maximum absolute atomic E-state index is 13.5. The molecule has 0 radical (unpaired) electrons. The first kappa shape index (κ1) is 17.9. The van der Waals surface area contributed by atoms with Crippen LogP contribution in [0.4, 0.5) is 4.39 Å². The number of hydrogen-bond acceptors (Lipinski definition) is 4. The van der Waals surface area contributed by atoms with Gasteiger partial charge in [-0.05, 0) is 44.4 Å². The van der Waals surface area contributed by atoms with Crippen molar-refractivity contribution in [2.24, 2.45) is 5.73 Å². The molecular weight excluding hydrogens is 293 g/mol. The van der Waals surface area contributed by atoms with Crippen molar-refractivity contribution in [1.29, 1.82) is 0 Å². The van der Waals surface area contributed by atoms with Crippen LogP contribution in [-0.2, 0) is 16.3 Å². The zero-order valence-corrected chi connectivity index (χ0v) is 13.6. The minimum absolute atomic E-state index is 0.0171. The summed E-state index contributed by atoms with van der Waals surface area (Å²) < 4.78 is 42.2.